The number of halogens is 1. The Labute approximate surface area is 114 Å². The number of amides is 1. The van der Waals surface area contributed by atoms with Crippen molar-refractivity contribution in [3.05, 3.63) is 46.8 Å². The van der Waals surface area contributed by atoms with E-state index in [1.807, 2.05) is 19.1 Å². The predicted molar refractivity (Wildman–Crippen MR) is 74.6 cm³/mol. The zero-order valence-corrected chi connectivity index (χ0v) is 11.5. The van der Waals surface area contributed by atoms with E-state index in [2.05, 4.69) is 15.9 Å². The Kier molecular flexibility index (Phi) is 3.72. The Morgan fingerprint density at radius 1 is 1.28 bits per heavy atom. The van der Waals surface area contributed by atoms with Crippen LogP contribution in [0.2, 0.25) is 0 Å². The molecule has 0 atom stereocenters. The van der Waals surface area contributed by atoms with Crippen molar-refractivity contribution in [2.24, 2.45) is 0 Å². The average Bonchev–Trinajstić information content (AvgIpc) is 2.79. The van der Waals surface area contributed by atoms with Crippen LogP contribution >= 0.6 is 15.9 Å². The van der Waals surface area contributed by atoms with E-state index in [9.17, 15) is 4.79 Å². The molecule has 2 N–H and O–H groups in total. The van der Waals surface area contributed by atoms with Gasteiger partial charge in [-0.2, -0.15) is 0 Å². The predicted octanol–water partition coefficient (Wildman–Crippen LogP) is 3.29. The van der Waals surface area contributed by atoms with E-state index >= 15 is 0 Å². The molecule has 0 spiro atoms. The number of anilines is 2. The van der Waals surface area contributed by atoms with E-state index in [-0.39, 0.29) is 5.91 Å². The quantitative estimate of drug-likeness (QED) is 0.885. The van der Waals surface area contributed by atoms with Crippen LogP contribution in [0.3, 0.4) is 0 Å². The van der Waals surface area contributed by atoms with Gasteiger partial charge in [0.1, 0.15) is 0 Å². The Morgan fingerprint density at radius 3 is 2.44 bits per heavy atom. The van der Waals surface area contributed by atoms with E-state index in [4.69, 9.17) is 10.2 Å². The van der Waals surface area contributed by atoms with Crippen LogP contribution in [0.1, 0.15) is 17.5 Å². The lowest BCUT2D eigenvalue weighted by molar-refractivity contribution is 0.0960. The van der Waals surface area contributed by atoms with Crippen LogP contribution in [0.4, 0.5) is 11.4 Å². The number of carbonyl (C=O) groups excluding carboxylic acids is 1. The van der Waals surface area contributed by atoms with E-state index in [0.717, 1.165) is 5.69 Å². The van der Waals surface area contributed by atoms with Crippen LogP contribution < -0.4 is 10.6 Å². The summed E-state index contributed by atoms with van der Waals surface area (Å²) in [5, 5.41) is 0. The molecule has 0 saturated heterocycles. The zero-order chi connectivity index (χ0) is 13.1. The molecular formula is C13H13BrN2O2. The van der Waals surface area contributed by atoms with Gasteiger partial charge in [0.25, 0.3) is 5.91 Å². The summed E-state index contributed by atoms with van der Waals surface area (Å²) in [4.78, 5) is 13.9. The van der Waals surface area contributed by atoms with E-state index in [1.54, 1.807) is 29.2 Å². The Bertz CT molecular complexity index is 548. The fraction of sp³-hybridized carbons (Fsp3) is 0.154. The molecule has 0 aliphatic carbocycles. The molecule has 1 amide bonds. The highest BCUT2D eigenvalue weighted by Crippen LogP contribution is 2.21. The topological polar surface area (TPSA) is 59.5 Å². The molecule has 2 aromatic rings. The molecule has 1 aromatic heterocycles. The van der Waals surface area contributed by atoms with Crippen LogP contribution in [0.5, 0.6) is 0 Å². The number of benzene rings is 1. The fourth-order valence-corrected chi connectivity index (χ4v) is 1.97. The lowest BCUT2D eigenvalue weighted by Crippen LogP contribution is -2.30. The van der Waals surface area contributed by atoms with Crippen molar-refractivity contribution in [2.75, 3.05) is 17.2 Å². The third-order valence-electron chi connectivity index (χ3n) is 2.55. The molecule has 0 aliphatic rings. The summed E-state index contributed by atoms with van der Waals surface area (Å²) in [6.07, 6.45) is 0. The first-order chi connectivity index (χ1) is 8.61. The second-order valence-corrected chi connectivity index (χ2v) is 4.53. The number of hydrogen-bond acceptors (Lipinski definition) is 3. The molecule has 18 heavy (non-hydrogen) atoms. The van der Waals surface area contributed by atoms with Gasteiger partial charge in [0, 0.05) is 17.9 Å². The minimum absolute atomic E-state index is 0.173. The Hall–Kier alpha value is -1.75. The molecule has 0 bridgehead atoms. The molecule has 0 aliphatic heterocycles. The maximum absolute atomic E-state index is 12.3. The van der Waals surface area contributed by atoms with Gasteiger partial charge in [-0.25, -0.2) is 0 Å². The first kappa shape index (κ1) is 12.7. The third-order valence-corrected chi connectivity index (χ3v) is 2.98. The summed E-state index contributed by atoms with van der Waals surface area (Å²) in [5.41, 5.74) is 7.10. The van der Waals surface area contributed by atoms with Crippen LogP contribution in [0.15, 0.2) is 45.5 Å². The van der Waals surface area contributed by atoms with Crippen molar-refractivity contribution in [1.29, 1.82) is 0 Å². The molecule has 2 rings (SSSR count). The Morgan fingerprint density at radius 2 is 1.94 bits per heavy atom. The molecular weight excluding hydrogens is 296 g/mol. The van der Waals surface area contributed by atoms with Crippen LogP contribution in [0, 0.1) is 0 Å². The van der Waals surface area contributed by atoms with Gasteiger partial charge in [-0.3, -0.25) is 4.79 Å². The van der Waals surface area contributed by atoms with Crippen LogP contribution in [-0.2, 0) is 0 Å². The van der Waals surface area contributed by atoms with Crippen molar-refractivity contribution >= 4 is 33.2 Å². The summed E-state index contributed by atoms with van der Waals surface area (Å²) in [7, 11) is 0. The summed E-state index contributed by atoms with van der Waals surface area (Å²) in [5.74, 6) is 0.133. The number of furan rings is 1. The van der Waals surface area contributed by atoms with E-state index < -0.39 is 0 Å². The molecule has 0 radical (unpaired) electrons. The van der Waals surface area contributed by atoms with Gasteiger partial charge >= 0.3 is 0 Å². The summed E-state index contributed by atoms with van der Waals surface area (Å²) < 4.78 is 5.82. The number of nitrogen functional groups attached to an aromatic ring is 1. The standard InChI is InChI=1S/C13H13BrN2O2/c1-2-16(10-5-3-9(15)4-6-10)13(17)11-7-8-12(14)18-11/h3-8H,2,15H2,1H3. The first-order valence-electron chi connectivity index (χ1n) is 5.54. The summed E-state index contributed by atoms with van der Waals surface area (Å²) in [6.45, 7) is 2.47. The lowest BCUT2D eigenvalue weighted by Gasteiger charge is -2.19. The van der Waals surface area contributed by atoms with Gasteiger partial charge in [-0.05, 0) is 59.3 Å². The van der Waals surface area contributed by atoms with Gasteiger partial charge in [0.2, 0.25) is 0 Å². The minimum atomic E-state index is -0.173. The van der Waals surface area contributed by atoms with Gasteiger partial charge in [0.05, 0.1) is 0 Å². The van der Waals surface area contributed by atoms with E-state index in [0.29, 0.717) is 22.7 Å². The number of nitrogens with zero attached hydrogens (tertiary/aromatic N) is 1. The maximum Gasteiger partial charge on any atom is 0.294 e. The maximum atomic E-state index is 12.3. The molecule has 5 heteroatoms. The molecule has 1 aromatic carbocycles. The minimum Gasteiger partial charge on any atom is -0.444 e. The smallest absolute Gasteiger partial charge is 0.294 e. The first-order valence-corrected chi connectivity index (χ1v) is 6.34. The van der Waals surface area contributed by atoms with Crippen molar-refractivity contribution in [2.45, 2.75) is 6.92 Å². The highest BCUT2D eigenvalue weighted by atomic mass is 79.9. The molecule has 1 heterocycles. The highest BCUT2D eigenvalue weighted by molar-refractivity contribution is 9.10. The largest absolute Gasteiger partial charge is 0.444 e. The van der Waals surface area contributed by atoms with Gasteiger partial charge in [-0.1, -0.05) is 0 Å². The zero-order valence-electron chi connectivity index (χ0n) is 9.89. The normalized spacial score (nSPS) is 10.3. The monoisotopic (exact) mass is 308 g/mol. The highest BCUT2D eigenvalue weighted by Gasteiger charge is 2.19. The van der Waals surface area contributed by atoms with Crippen molar-refractivity contribution in [1.82, 2.24) is 0 Å². The molecule has 94 valence electrons. The lowest BCUT2D eigenvalue weighted by atomic mass is 10.2. The van der Waals surface area contributed by atoms with Gasteiger partial charge in [0.15, 0.2) is 10.4 Å². The molecule has 0 saturated carbocycles. The molecule has 4 nitrogen and oxygen atoms in total. The van der Waals surface area contributed by atoms with Crippen LogP contribution in [-0.4, -0.2) is 12.5 Å². The Balaban J connectivity index is 2.28. The van der Waals surface area contributed by atoms with Crippen LogP contribution in [0.25, 0.3) is 0 Å². The van der Waals surface area contributed by atoms with Crippen molar-refractivity contribution in [3.8, 4) is 0 Å². The number of nitrogens with two attached hydrogens (primary N) is 1. The van der Waals surface area contributed by atoms with Gasteiger partial charge in [-0.15, -0.1) is 0 Å². The number of hydrogen-bond donors (Lipinski definition) is 1. The molecule has 0 fully saturated rings. The second kappa shape index (κ2) is 5.27. The summed E-state index contributed by atoms with van der Waals surface area (Å²) >= 11 is 3.18. The second-order valence-electron chi connectivity index (χ2n) is 3.74. The van der Waals surface area contributed by atoms with Gasteiger partial charge < -0.3 is 15.1 Å². The molecule has 0 unspecified atom stereocenters. The average molecular weight is 309 g/mol. The number of rotatable bonds is 3. The SMILES string of the molecule is CCN(C(=O)c1ccc(Br)o1)c1ccc(N)cc1. The third kappa shape index (κ3) is 2.56. The van der Waals surface area contributed by atoms with Crippen molar-refractivity contribution in [3.63, 3.8) is 0 Å². The number of carbonyl (C=O) groups is 1. The van der Waals surface area contributed by atoms with Crippen molar-refractivity contribution < 1.29 is 9.21 Å². The fourth-order valence-electron chi connectivity index (χ4n) is 1.66. The summed E-state index contributed by atoms with van der Waals surface area (Å²) in [6, 6.07) is 10.5. The van der Waals surface area contributed by atoms with E-state index in [1.165, 1.54) is 0 Å².